The molecule has 5 rings (SSSR count). The zero-order valence-electron chi connectivity index (χ0n) is 23.1. The number of pyridine rings is 1. The third kappa shape index (κ3) is 4.86. The van der Waals surface area contributed by atoms with Gasteiger partial charge < -0.3 is 14.6 Å². The van der Waals surface area contributed by atoms with Gasteiger partial charge in [-0.15, -0.1) is 5.10 Å². The minimum absolute atomic E-state index is 0.0956. The minimum Gasteiger partial charge on any atom is -0.473 e. The molecule has 12 nitrogen and oxygen atoms in total. The number of ether oxygens (including phenoxy) is 2. The Morgan fingerprint density at radius 3 is 2.79 bits per heavy atom. The van der Waals surface area contributed by atoms with Crippen molar-refractivity contribution in [3.8, 4) is 29.1 Å². The van der Waals surface area contributed by atoms with E-state index in [0.29, 0.717) is 24.8 Å². The number of fused-ring (bicyclic) bond motifs is 4. The van der Waals surface area contributed by atoms with Gasteiger partial charge in [0.05, 0.1) is 52.2 Å². The number of H-pyrrole nitrogens is 1. The van der Waals surface area contributed by atoms with Crippen molar-refractivity contribution in [1.82, 2.24) is 39.6 Å². The molecule has 5 heterocycles. The number of hydrogen-bond acceptors (Lipinski definition) is 9. The standard InChI is InChI=1S/C27H33N9O3/c1-15(14-37)36-23-13-34(5)12-16(2)39-27-24(17(3)32-35(27)6)22-11-20-21(30-31-25(20)18(4)29-22)8-7-19(23)26(33-36)38-10-9-28/h7-8,11,15-16,37H,10,12-14H2,1-6H3,(H,30,31)/b8-7+/t15-,16-/m0/s1. The Morgan fingerprint density at radius 1 is 1.26 bits per heavy atom. The summed E-state index contributed by atoms with van der Waals surface area (Å²) in [6, 6.07) is 3.73. The first-order valence-electron chi connectivity index (χ1n) is 12.9. The van der Waals surface area contributed by atoms with Crippen LogP contribution in [0, 0.1) is 25.2 Å². The second kappa shape index (κ2) is 10.5. The lowest BCUT2D eigenvalue weighted by Crippen LogP contribution is -2.32. The lowest BCUT2D eigenvalue weighted by Gasteiger charge is -2.24. The molecule has 12 heteroatoms. The van der Waals surface area contributed by atoms with Crippen molar-refractivity contribution in [2.24, 2.45) is 7.05 Å². The van der Waals surface area contributed by atoms with Gasteiger partial charge in [0.25, 0.3) is 0 Å². The summed E-state index contributed by atoms with van der Waals surface area (Å²) in [6.07, 6.45) is 3.68. The lowest BCUT2D eigenvalue weighted by molar-refractivity contribution is 0.145. The van der Waals surface area contributed by atoms with Gasteiger partial charge in [-0.2, -0.15) is 15.5 Å². The third-order valence-corrected chi connectivity index (χ3v) is 6.86. The second-order valence-electron chi connectivity index (χ2n) is 10.1. The van der Waals surface area contributed by atoms with Crippen molar-refractivity contribution in [2.75, 3.05) is 26.8 Å². The van der Waals surface area contributed by atoms with E-state index >= 15 is 0 Å². The van der Waals surface area contributed by atoms with Crippen LogP contribution in [0.15, 0.2) is 6.07 Å². The number of nitrogens with zero attached hydrogens (tertiary/aromatic N) is 8. The Bertz CT molecular complexity index is 1590. The van der Waals surface area contributed by atoms with E-state index in [0.717, 1.165) is 50.5 Å². The number of aromatic amines is 1. The maximum atomic E-state index is 9.96. The summed E-state index contributed by atoms with van der Waals surface area (Å²) in [5, 5.41) is 37.0. The first-order valence-corrected chi connectivity index (χ1v) is 12.9. The van der Waals surface area contributed by atoms with E-state index in [1.807, 2.05) is 66.1 Å². The zero-order chi connectivity index (χ0) is 27.8. The van der Waals surface area contributed by atoms with Crippen molar-refractivity contribution in [1.29, 1.82) is 5.26 Å². The highest BCUT2D eigenvalue weighted by Gasteiger charge is 2.25. The van der Waals surface area contributed by atoms with E-state index in [2.05, 4.69) is 25.3 Å². The van der Waals surface area contributed by atoms with E-state index in [1.54, 1.807) is 9.36 Å². The molecule has 2 bridgehead atoms. The fourth-order valence-corrected chi connectivity index (χ4v) is 5.10. The topological polar surface area (TPSA) is 143 Å². The normalized spacial score (nSPS) is 17.5. The van der Waals surface area contributed by atoms with E-state index in [4.69, 9.17) is 19.7 Å². The summed E-state index contributed by atoms with van der Waals surface area (Å²) in [7, 11) is 3.88. The average molecular weight is 532 g/mol. The molecule has 39 heavy (non-hydrogen) atoms. The molecule has 1 aliphatic heterocycles. The van der Waals surface area contributed by atoms with Crippen LogP contribution in [0.5, 0.6) is 11.8 Å². The largest absolute Gasteiger partial charge is 0.473 e. The van der Waals surface area contributed by atoms with Gasteiger partial charge in [-0.3, -0.25) is 19.7 Å². The minimum atomic E-state index is -0.292. The van der Waals surface area contributed by atoms with Crippen LogP contribution in [-0.4, -0.2) is 77.7 Å². The van der Waals surface area contributed by atoms with E-state index in [-0.39, 0.29) is 25.4 Å². The summed E-state index contributed by atoms with van der Waals surface area (Å²) in [4.78, 5) is 6.99. The Labute approximate surface area is 226 Å². The zero-order valence-corrected chi connectivity index (χ0v) is 23.1. The highest BCUT2D eigenvalue weighted by Crippen LogP contribution is 2.36. The summed E-state index contributed by atoms with van der Waals surface area (Å²) in [5.41, 5.74) is 6.37. The fourth-order valence-electron chi connectivity index (χ4n) is 5.10. The van der Waals surface area contributed by atoms with Crippen LogP contribution in [0.25, 0.3) is 34.3 Å². The molecule has 0 unspecified atom stereocenters. The van der Waals surface area contributed by atoms with Crippen LogP contribution in [-0.2, 0) is 13.6 Å². The van der Waals surface area contributed by atoms with Gasteiger partial charge in [-0.05, 0) is 53.0 Å². The van der Waals surface area contributed by atoms with Crippen molar-refractivity contribution in [3.63, 3.8) is 0 Å². The number of aryl methyl sites for hydroxylation is 3. The predicted molar refractivity (Wildman–Crippen MR) is 146 cm³/mol. The Balaban J connectivity index is 1.74. The molecule has 4 aromatic heterocycles. The number of nitriles is 1. The molecule has 0 aromatic carbocycles. The van der Waals surface area contributed by atoms with Crippen LogP contribution >= 0.6 is 0 Å². The fraction of sp³-hybridized carbons (Fsp3) is 0.444. The van der Waals surface area contributed by atoms with Gasteiger partial charge in [0.2, 0.25) is 11.8 Å². The van der Waals surface area contributed by atoms with Crippen LogP contribution in [0.2, 0.25) is 0 Å². The molecule has 2 atom stereocenters. The van der Waals surface area contributed by atoms with Crippen molar-refractivity contribution in [3.05, 3.63) is 34.4 Å². The highest BCUT2D eigenvalue weighted by molar-refractivity contribution is 5.93. The van der Waals surface area contributed by atoms with Crippen LogP contribution in [0.3, 0.4) is 0 Å². The molecule has 0 radical (unpaired) electrons. The van der Waals surface area contributed by atoms with E-state index < -0.39 is 0 Å². The quantitative estimate of drug-likeness (QED) is 0.406. The van der Waals surface area contributed by atoms with Gasteiger partial charge in [-0.25, -0.2) is 4.68 Å². The molecule has 2 N–H and O–H groups in total. The highest BCUT2D eigenvalue weighted by atomic mass is 16.5. The van der Waals surface area contributed by atoms with E-state index in [1.165, 1.54) is 0 Å². The number of hydrogen-bond donors (Lipinski definition) is 2. The molecule has 0 amide bonds. The second-order valence-corrected chi connectivity index (χ2v) is 10.1. The number of rotatable bonds is 4. The maximum Gasteiger partial charge on any atom is 0.241 e. The number of aromatic nitrogens is 7. The number of aliphatic hydroxyl groups is 1. The predicted octanol–water partition coefficient (Wildman–Crippen LogP) is 3.01. The Morgan fingerprint density at radius 2 is 2.05 bits per heavy atom. The van der Waals surface area contributed by atoms with Gasteiger partial charge in [0.1, 0.15) is 17.7 Å². The molecular formula is C27H33N9O3. The molecule has 0 spiro atoms. The molecule has 1 aliphatic rings. The maximum absolute atomic E-state index is 9.96. The average Bonchev–Trinajstić information content (AvgIpc) is 3.53. The summed E-state index contributed by atoms with van der Waals surface area (Å²) in [5.74, 6) is 0.989. The molecule has 0 fully saturated rings. The number of nitrogens with one attached hydrogen (secondary N) is 1. The van der Waals surface area contributed by atoms with Gasteiger partial charge in [-0.1, -0.05) is 0 Å². The van der Waals surface area contributed by atoms with E-state index in [9.17, 15) is 5.11 Å². The smallest absolute Gasteiger partial charge is 0.241 e. The molecule has 4 aromatic rings. The van der Waals surface area contributed by atoms with Gasteiger partial charge >= 0.3 is 0 Å². The molecule has 204 valence electrons. The van der Waals surface area contributed by atoms with Crippen molar-refractivity contribution < 1.29 is 14.6 Å². The first-order chi connectivity index (χ1) is 18.7. The summed E-state index contributed by atoms with van der Waals surface area (Å²) >= 11 is 0. The first kappa shape index (κ1) is 26.4. The third-order valence-electron chi connectivity index (χ3n) is 6.86. The molecule has 0 aliphatic carbocycles. The van der Waals surface area contributed by atoms with Crippen molar-refractivity contribution >= 4 is 23.1 Å². The SMILES string of the molecule is Cc1nn(C)c2c1-c1cc3c([nH]nc3c(C)n1)/C=C/c1c(OCC#N)nn([C@@H](C)CO)c1CN(C)C[C@H](C)O2. The van der Waals surface area contributed by atoms with Gasteiger partial charge in [0, 0.05) is 25.5 Å². The van der Waals surface area contributed by atoms with Crippen molar-refractivity contribution in [2.45, 2.75) is 46.4 Å². The van der Waals surface area contributed by atoms with Gasteiger partial charge in [0.15, 0.2) is 6.61 Å². The molecular weight excluding hydrogens is 498 g/mol. The monoisotopic (exact) mass is 531 g/mol. The lowest BCUT2D eigenvalue weighted by atomic mass is 10.1. The number of aliphatic hydroxyl groups excluding tert-OH is 1. The Hall–Kier alpha value is -4.21. The van der Waals surface area contributed by atoms with Crippen LogP contribution in [0.1, 0.15) is 48.2 Å². The number of likely N-dealkylation sites (N-methyl/N-ethyl adjacent to an activating group) is 1. The van der Waals surface area contributed by atoms with Crippen LogP contribution in [0.4, 0.5) is 0 Å². The molecule has 0 saturated heterocycles. The molecule has 0 saturated carbocycles. The Kier molecular flexibility index (Phi) is 7.12. The summed E-state index contributed by atoms with van der Waals surface area (Å²) < 4.78 is 15.7. The van der Waals surface area contributed by atoms with Crippen LogP contribution < -0.4 is 9.47 Å². The summed E-state index contributed by atoms with van der Waals surface area (Å²) in [6.45, 7) is 8.67.